The Bertz CT molecular complexity index is 387. The van der Waals surface area contributed by atoms with E-state index in [0.29, 0.717) is 11.0 Å². The molecule has 1 N–H and O–H groups in total. The van der Waals surface area contributed by atoms with Gasteiger partial charge in [0.15, 0.2) is 0 Å². The third-order valence-electron chi connectivity index (χ3n) is 2.66. The molecule has 0 aromatic carbocycles. The summed E-state index contributed by atoms with van der Waals surface area (Å²) in [6.45, 7) is 8.18. The Balaban J connectivity index is 2.52. The predicted octanol–water partition coefficient (Wildman–Crippen LogP) is 2.05. The van der Waals surface area contributed by atoms with Crippen molar-refractivity contribution < 1.29 is 4.79 Å². The van der Waals surface area contributed by atoms with Crippen LogP contribution in [0, 0.1) is 6.92 Å². The van der Waals surface area contributed by atoms with Gasteiger partial charge in [-0.15, -0.1) is 11.8 Å². The zero-order valence-corrected chi connectivity index (χ0v) is 12.0. The quantitative estimate of drug-likeness (QED) is 0.876. The van der Waals surface area contributed by atoms with E-state index in [2.05, 4.69) is 24.3 Å². The number of carbonyl (C=O) groups excluding carboxylic acids is 1. The lowest BCUT2D eigenvalue weighted by atomic mass is 10.1. The summed E-state index contributed by atoms with van der Waals surface area (Å²) in [7, 11) is 1.90. The zero-order valence-electron chi connectivity index (χ0n) is 11.2. The Kier molecular flexibility index (Phi) is 5.05. The van der Waals surface area contributed by atoms with Gasteiger partial charge in [-0.3, -0.25) is 9.48 Å². The van der Waals surface area contributed by atoms with Gasteiger partial charge in [-0.25, -0.2) is 0 Å². The van der Waals surface area contributed by atoms with Crippen LogP contribution in [-0.4, -0.2) is 26.7 Å². The van der Waals surface area contributed by atoms with Gasteiger partial charge in [0.2, 0.25) is 5.91 Å². The van der Waals surface area contributed by atoms with Crippen molar-refractivity contribution in [3.63, 3.8) is 0 Å². The van der Waals surface area contributed by atoms with Gasteiger partial charge in [-0.1, -0.05) is 13.8 Å². The third kappa shape index (κ3) is 4.07. The van der Waals surface area contributed by atoms with Crippen molar-refractivity contribution in [1.29, 1.82) is 0 Å². The largest absolute Gasteiger partial charge is 0.349 e. The molecule has 0 saturated heterocycles. The van der Waals surface area contributed by atoms with Crippen molar-refractivity contribution in [1.82, 2.24) is 15.1 Å². The van der Waals surface area contributed by atoms with Crippen LogP contribution in [0.4, 0.5) is 0 Å². The SMILES string of the molecule is Cc1c([C@H](C)NC(=O)CSC(C)C)cnn1C. The fraction of sp³-hybridized carbons (Fsp3) is 0.667. The molecule has 1 rings (SSSR count). The van der Waals surface area contributed by atoms with Crippen molar-refractivity contribution in [3.8, 4) is 0 Å². The van der Waals surface area contributed by atoms with Crippen molar-refractivity contribution in [2.24, 2.45) is 7.05 Å². The first-order valence-electron chi connectivity index (χ1n) is 5.81. The second kappa shape index (κ2) is 6.10. The number of thioether (sulfide) groups is 1. The molecule has 0 spiro atoms. The number of aryl methyl sites for hydroxylation is 1. The van der Waals surface area contributed by atoms with Crippen molar-refractivity contribution in [2.45, 2.75) is 39.0 Å². The number of hydrogen-bond donors (Lipinski definition) is 1. The van der Waals surface area contributed by atoms with Gasteiger partial charge in [0.25, 0.3) is 0 Å². The van der Waals surface area contributed by atoms with Gasteiger partial charge in [0, 0.05) is 18.3 Å². The highest BCUT2D eigenvalue weighted by atomic mass is 32.2. The topological polar surface area (TPSA) is 46.9 Å². The summed E-state index contributed by atoms with van der Waals surface area (Å²) in [6, 6.07) is 0.0176. The van der Waals surface area contributed by atoms with Crippen LogP contribution in [0.15, 0.2) is 6.20 Å². The van der Waals surface area contributed by atoms with Crippen molar-refractivity contribution in [3.05, 3.63) is 17.5 Å². The molecule has 0 bridgehead atoms. The molecule has 1 heterocycles. The molecule has 0 aliphatic rings. The first-order valence-corrected chi connectivity index (χ1v) is 6.86. The van der Waals surface area contributed by atoms with E-state index in [4.69, 9.17) is 0 Å². The minimum absolute atomic E-state index is 0.0176. The van der Waals surface area contributed by atoms with E-state index in [1.54, 1.807) is 11.8 Å². The fourth-order valence-electron chi connectivity index (χ4n) is 1.54. The third-order valence-corrected chi connectivity index (χ3v) is 3.76. The van der Waals surface area contributed by atoms with E-state index >= 15 is 0 Å². The zero-order chi connectivity index (χ0) is 13.0. The Morgan fingerprint density at radius 1 is 1.53 bits per heavy atom. The van der Waals surface area contributed by atoms with Crippen LogP contribution in [0.2, 0.25) is 0 Å². The number of hydrogen-bond acceptors (Lipinski definition) is 3. The van der Waals surface area contributed by atoms with Crippen LogP contribution in [0.5, 0.6) is 0 Å². The summed E-state index contributed by atoms with van der Waals surface area (Å²) in [5, 5.41) is 7.65. The van der Waals surface area contributed by atoms with Crippen LogP contribution >= 0.6 is 11.8 Å². The smallest absolute Gasteiger partial charge is 0.230 e. The monoisotopic (exact) mass is 255 g/mol. The van der Waals surface area contributed by atoms with Crippen LogP contribution in [0.25, 0.3) is 0 Å². The van der Waals surface area contributed by atoms with Crippen molar-refractivity contribution >= 4 is 17.7 Å². The van der Waals surface area contributed by atoms with Gasteiger partial charge in [-0.2, -0.15) is 5.10 Å². The van der Waals surface area contributed by atoms with Crippen LogP contribution in [0.3, 0.4) is 0 Å². The minimum Gasteiger partial charge on any atom is -0.349 e. The van der Waals surface area contributed by atoms with E-state index in [-0.39, 0.29) is 11.9 Å². The van der Waals surface area contributed by atoms with Gasteiger partial charge in [-0.05, 0) is 19.1 Å². The number of carbonyl (C=O) groups is 1. The molecule has 5 heteroatoms. The van der Waals surface area contributed by atoms with Gasteiger partial charge >= 0.3 is 0 Å². The Hall–Kier alpha value is -0.970. The van der Waals surface area contributed by atoms with E-state index in [1.807, 2.05) is 31.8 Å². The lowest BCUT2D eigenvalue weighted by molar-refractivity contribution is -0.119. The standard InChI is InChI=1S/C12H21N3OS/c1-8(2)17-7-12(16)14-9(3)11-6-13-15(5)10(11)4/h6,8-9H,7H2,1-5H3,(H,14,16)/t9-/m0/s1. The maximum Gasteiger partial charge on any atom is 0.230 e. The van der Waals surface area contributed by atoms with Crippen LogP contribution in [-0.2, 0) is 11.8 Å². The van der Waals surface area contributed by atoms with Crippen LogP contribution in [0.1, 0.15) is 38.1 Å². The predicted molar refractivity (Wildman–Crippen MR) is 72.1 cm³/mol. The maximum absolute atomic E-state index is 11.7. The first kappa shape index (κ1) is 14.1. The minimum atomic E-state index is 0.0176. The number of rotatable bonds is 5. The Labute approximate surface area is 107 Å². The average Bonchev–Trinajstić information content (AvgIpc) is 2.57. The molecule has 0 saturated carbocycles. The summed E-state index contributed by atoms with van der Waals surface area (Å²) < 4.78 is 1.82. The molecule has 1 aromatic rings. The van der Waals surface area contributed by atoms with Gasteiger partial charge in [0.1, 0.15) is 0 Å². The van der Waals surface area contributed by atoms with E-state index in [9.17, 15) is 4.79 Å². The first-order chi connectivity index (χ1) is 7.91. The summed E-state index contributed by atoms with van der Waals surface area (Å²) in [5.74, 6) is 0.598. The normalized spacial score (nSPS) is 12.8. The molecular formula is C12H21N3OS. The molecule has 4 nitrogen and oxygen atoms in total. The molecule has 0 aliphatic carbocycles. The molecule has 1 atom stereocenters. The number of nitrogens with zero attached hydrogens (tertiary/aromatic N) is 2. The van der Waals surface area contributed by atoms with Gasteiger partial charge in [0.05, 0.1) is 18.0 Å². The lowest BCUT2D eigenvalue weighted by Crippen LogP contribution is -2.28. The highest BCUT2D eigenvalue weighted by Gasteiger charge is 2.14. The molecule has 0 radical (unpaired) electrons. The number of nitrogens with one attached hydrogen (secondary N) is 1. The van der Waals surface area contributed by atoms with Crippen molar-refractivity contribution in [2.75, 3.05) is 5.75 Å². The average molecular weight is 255 g/mol. The highest BCUT2D eigenvalue weighted by molar-refractivity contribution is 8.00. The number of aromatic nitrogens is 2. The van der Waals surface area contributed by atoms with Gasteiger partial charge < -0.3 is 5.32 Å². The van der Waals surface area contributed by atoms with Crippen LogP contribution < -0.4 is 5.32 Å². The fourth-order valence-corrected chi connectivity index (χ4v) is 2.11. The Morgan fingerprint density at radius 3 is 2.65 bits per heavy atom. The number of amides is 1. The van der Waals surface area contributed by atoms with E-state index in [0.717, 1.165) is 11.3 Å². The summed E-state index contributed by atoms with van der Waals surface area (Å²) >= 11 is 1.65. The molecular weight excluding hydrogens is 234 g/mol. The second-order valence-corrected chi connectivity index (χ2v) is 6.02. The molecule has 17 heavy (non-hydrogen) atoms. The molecule has 0 fully saturated rings. The highest BCUT2D eigenvalue weighted by Crippen LogP contribution is 2.16. The van der Waals surface area contributed by atoms with E-state index < -0.39 is 0 Å². The molecule has 96 valence electrons. The molecule has 0 aliphatic heterocycles. The molecule has 1 amide bonds. The molecule has 1 aromatic heterocycles. The second-order valence-electron chi connectivity index (χ2n) is 4.46. The lowest BCUT2D eigenvalue weighted by Gasteiger charge is -2.14. The Morgan fingerprint density at radius 2 is 2.18 bits per heavy atom. The summed E-state index contributed by atoms with van der Waals surface area (Å²) in [5.41, 5.74) is 2.17. The maximum atomic E-state index is 11.7. The van der Waals surface area contributed by atoms with E-state index in [1.165, 1.54) is 0 Å². The molecule has 0 unspecified atom stereocenters. The summed E-state index contributed by atoms with van der Waals surface area (Å²) in [4.78, 5) is 11.7. The summed E-state index contributed by atoms with van der Waals surface area (Å²) in [6.07, 6.45) is 1.82.